The standard InChI is InChI=1S/C12H15N3O/c1-3-11-14-9-6-4-5-7-10(9)15(11)8(2)12(13)16/h4-8H,3H2,1-2H3,(H2,13,16)/t8-/m1/s1. The van der Waals surface area contributed by atoms with E-state index in [2.05, 4.69) is 4.98 Å². The smallest absolute Gasteiger partial charge is 0.240 e. The van der Waals surface area contributed by atoms with Gasteiger partial charge in [0.2, 0.25) is 5.91 Å². The number of amides is 1. The molecule has 0 aliphatic heterocycles. The summed E-state index contributed by atoms with van der Waals surface area (Å²) in [7, 11) is 0. The molecule has 2 rings (SSSR count). The Morgan fingerprint density at radius 3 is 2.81 bits per heavy atom. The van der Waals surface area contributed by atoms with Crippen molar-refractivity contribution in [1.82, 2.24) is 9.55 Å². The number of carbonyl (C=O) groups excluding carboxylic acids is 1. The highest BCUT2D eigenvalue weighted by Gasteiger charge is 2.17. The van der Waals surface area contributed by atoms with Crippen molar-refractivity contribution in [1.29, 1.82) is 0 Å². The molecule has 1 aromatic heterocycles. The highest BCUT2D eigenvalue weighted by Crippen LogP contribution is 2.21. The lowest BCUT2D eigenvalue weighted by molar-refractivity contribution is -0.120. The van der Waals surface area contributed by atoms with Gasteiger partial charge in [0.25, 0.3) is 0 Å². The highest BCUT2D eigenvalue weighted by atomic mass is 16.1. The summed E-state index contributed by atoms with van der Waals surface area (Å²) in [5.41, 5.74) is 7.23. The lowest BCUT2D eigenvalue weighted by Crippen LogP contribution is -2.25. The summed E-state index contributed by atoms with van der Waals surface area (Å²) in [4.78, 5) is 15.8. The van der Waals surface area contributed by atoms with Crippen LogP contribution in [0.4, 0.5) is 0 Å². The van der Waals surface area contributed by atoms with Crippen LogP contribution in [0.3, 0.4) is 0 Å². The van der Waals surface area contributed by atoms with E-state index in [9.17, 15) is 4.79 Å². The van der Waals surface area contributed by atoms with E-state index in [1.54, 1.807) is 6.92 Å². The maximum absolute atomic E-state index is 11.3. The van der Waals surface area contributed by atoms with Gasteiger partial charge in [0, 0.05) is 6.42 Å². The van der Waals surface area contributed by atoms with Gasteiger partial charge in [-0.3, -0.25) is 4.79 Å². The molecule has 84 valence electrons. The van der Waals surface area contributed by atoms with Crippen molar-refractivity contribution in [2.75, 3.05) is 0 Å². The largest absolute Gasteiger partial charge is 0.368 e. The van der Waals surface area contributed by atoms with E-state index in [1.165, 1.54) is 0 Å². The number of nitrogens with two attached hydrogens (primary N) is 1. The van der Waals surface area contributed by atoms with Crippen molar-refractivity contribution in [3.05, 3.63) is 30.1 Å². The van der Waals surface area contributed by atoms with Crippen molar-refractivity contribution in [3.8, 4) is 0 Å². The van der Waals surface area contributed by atoms with Crippen LogP contribution in [0.1, 0.15) is 25.7 Å². The second kappa shape index (κ2) is 3.96. The van der Waals surface area contributed by atoms with E-state index < -0.39 is 0 Å². The molecule has 0 radical (unpaired) electrons. The Kier molecular flexibility index (Phi) is 2.64. The average molecular weight is 217 g/mol. The summed E-state index contributed by atoms with van der Waals surface area (Å²) in [5, 5.41) is 0. The minimum Gasteiger partial charge on any atom is -0.368 e. The normalized spacial score (nSPS) is 12.9. The van der Waals surface area contributed by atoms with Gasteiger partial charge in [-0.2, -0.15) is 0 Å². The fraction of sp³-hybridized carbons (Fsp3) is 0.333. The van der Waals surface area contributed by atoms with Crippen LogP contribution in [0.5, 0.6) is 0 Å². The van der Waals surface area contributed by atoms with Crippen LogP contribution in [0.2, 0.25) is 0 Å². The lowest BCUT2D eigenvalue weighted by atomic mass is 10.2. The minimum absolute atomic E-state index is 0.335. The molecule has 0 aliphatic carbocycles. The van der Waals surface area contributed by atoms with Crippen LogP contribution < -0.4 is 5.73 Å². The third kappa shape index (κ3) is 1.56. The fourth-order valence-corrected chi connectivity index (χ4v) is 1.90. The summed E-state index contributed by atoms with van der Waals surface area (Å²) in [6, 6.07) is 7.42. The molecule has 0 unspecified atom stereocenters. The van der Waals surface area contributed by atoms with Crippen LogP contribution >= 0.6 is 0 Å². The van der Waals surface area contributed by atoms with E-state index in [0.29, 0.717) is 0 Å². The van der Waals surface area contributed by atoms with E-state index >= 15 is 0 Å². The van der Waals surface area contributed by atoms with E-state index in [-0.39, 0.29) is 11.9 Å². The molecule has 4 heteroatoms. The molecular weight excluding hydrogens is 202 g/mol. The zero-order chi connectivity index (χ0) is 11.7. The summed E-state index contributed by atoms with van der Waals surface area (Å²) < 4.78 is 1.91. The molecule has 0 saturated carbocycles. The van der Waals surface area contributed by atoms with Crippen molar-refractivity contribution in [2.45, 2.75) is 26.3 Å². The zero-order valence-electron chi connectivity index (χ0n) is 9.47. The maximum Gasteiger partial charge on any atom is 0.240 e. The summed E-state index contributed by atoms with van der Waals surface area (Å²) in [6.07, 6.45) is 0.784. The van der Waals surface area contributed by atoms with Crippen LogP contribution in [0.15, 0.2) is 24.3 Å². The summed E-state index contributed by atoms with van der Waals surface area (Å²) >= 11 is 0. The maximum atomic E-state index is 11.3. The van der Waals surface area contributed by atoms with Gasteiger partial charge >= 0.3 is 0 Å². The SMILES string of the molecule is CCc1nc2ccccc2n1[C@H](C)C(N)=O. The van der Waals surface area contributed by atoms with Crippen molar-refractivity contribution in [3.63, 3.8) is 0 Å². The molecule has 0 aliphatic rings. The molecule has 2 aromatic rings. The number of hydrogen-bond donors (Lipinski definition) is 1. The Morgan fingerprint density at radius 1 is 1.50 bits per heavy atom. The summed E-state index contributed by atoms with van der Waals surface area (Å²) in [5.74, 6) is 0.561. The predicted octanol–water partition coefficient (Wildman–Crippen LogP) is 1.64. The Labute approximate surface area is 94.1 Å². The van der Waals surface area contributed by atoms with Crippen LogP contribution in [0, 0.1) is 0 Å². The molecule has 1 heterocycles. The number of imidazole rings is 1. The number of benzene rings is 1. The topological polar surface area (TPSA) is 60.9 Å². The molecule has 2 N–H and O–H groups in total. The molecule has 1 amide bonds. The number of nitrogens with zero attached hydrogens (tertiary/aromatic N) is 2. The first-order valence-corrected chi connectivity index (χ1v) is 5.40. The van der Waals surface area contributed by atoms with Crippen LogP contribution in [-0.2, 0) is 11.2 Å². The van der Waals surface area contributed by atoms with Crippen molar-refractivity contribution < 1.29 is 4.79 Å². The van der Waals surface area contributed by atoms with Crippen LogP contribution in [0.25, 0.3) is 11.0 Å². The molecule has 16 heavy (non-hydrogen) atoms. The van der Waals surface area contributed by atoms with Gasteiger partial charge in [0.05, 0.1) is 11.0 Å². The first-order valence-electron chi connectivity index (χ1n) is 5.40. The van der Waals surface area contributed by atoms with Crippen molar-refractivity contribution >= 4 is 16.9 Å². The number of aromatic nitrogens is 2. The molecule has 0 fully saturated rings. The zero-order valence-corrected chi connectivity index (χ0v) is 9.47. The van der Waals surface area contributed by atoms with E-state index in [1.807, 2.05) is 35.8 Å². The molecule has 1 atom stereocenters. The average Bonchev–Trinajstić information content (AvgIpc) is 2.66. The van der Waals surface area contributed by atoms with Gasteiger partial charge in [0.15, 0.2) is 0 Å². The molecule has 0 saturated heterocycles. The molecule has 0 bridgehead atoms. The Bertz CT molecular complexity index is 530. The van der Waals surface area contributed by atoms with Crippen LogP contribution in [-0.4, -0.2) is 15.5 Å². The van der Waals surface area contributed by atoms with E-state index in [4.69, 9.17) is 5.73 Å². The molecule has 4 nitrogen and oxygen atoms in total. The number of fused-ring (bicyclic) bond motifs is 1. The highest BCUT2D eigenvalue weighted by molar-refractivity contribution is 5.82. The van der Waals surface area contributed by atoms with Gasteiger partial charge < -0.3 is 10.3 Å². The van der Waals surface area contributed by atoms with Gasteiger partial charge in [-0.05, 0) is 19.1 Å². The number of primary amides is 1. The number of carbonyl (C=O) groups is 1. The monoisotopic (exact) mass is 217 g/mol. The van der Waals surface area contributed by atoms with Gasteiger partial charge in [-0.1, -0.05) is 19.1 Å². The lowest BCUT2D eigenvalue weighted by Gasteiger charge is -2.13. The Morgan fingerprint density at radius 2 is 2.19 bits per heavy atom. The number of para-hydroxylation sites is 2. The molecule has 0 spiro atoms. The van der Waals surface area contributed by atoms with Gasteiger partial charge in [0.1, 0.15) is 11.9 Å². The first kappa shape index (κ1) is 10.7. The second-order valence-electron chi connectivity index (χ2n) is 3.82. The quantitative estimate of drug-likeness (QED) is 0.849. The summed E-state index contributed by atoms with van der Waals surface area (Å²) in [6.45, 7) is 3.82. The number of rotatable bonds is 3. The molecular formula is C12H15N3O. The first-order chi connectivity index (χ1) is 7.65. The Hall–Kier alpha value is -1.84. The number of aryl methyl sites for hydroxylation is 1. The fourth-order valence-electron chi connectivity index (χ4n) is 1.90. The van der Waals surface area contributed by atoms with Crippen molar-refractivity contribution in [2.24, 2.45) is 5.73 Å². The van der Waals surface area contributed by atoms with Gasteiger partial charge in [-0.25, -0.2) is 4.98 Å². The van der Waals surface area contributed by atoms with E-state index in [0.717, 1.165) is 23.3 Å². The minimum atomic E-state index is -0.359. The third-order valence-corrected chi connectivity index (χ3v) is 2.78. The Balaban J connectivity index is 2.69. The number of hydrogen-bond acceptors (Lipinski definition) is 2. The van der Waals surface area contributed by atoms with Gasteiger partial charge in [-0.15, -0.1) is 0 Å². The predicted molar refractivity (Wildman–Crippen MR) is 63.0 cm³/mol. The second-order valence-corrected chi connectivity index (χ2v) is 3.82. The molecule has 1 aromatic carbocycles. The third-order valence-electron chi connectivity index (χ3n) is 2.78.